The molecule has 1 saturated carbocycles. The highest BCUT2D eigenvalue weighted by molar-refractivity contribution is 5.73. The topological polar surface area (TPSA) is 55.1 Å². The Balaban J connectivity index is 2.19. The summed E-state index contributed by atoms with van der Waals surface area (Å²) in [5.41, 5.74) is 4.96. The second kappa shape index (κ2) is 5.52. The number of amides is 1. The van der Waals surface area contributed by atoms with Crippen molar-refractivity contribution in [2.24, 2.45) is 11.7 Å². The average Bonchev–Trinajstić information content (AvgIpc) is 2.16. The minimum Gasteiger partial charge on any atom is -0.370 e. The van der Waals surface area contributed by atoms with E-state index in [0.717, 1.165) is 0 Å². The maximum absolute atomic E-state index is 12.3. The molecule has 6 heteroatoms. The lowest BCUT2D eigenvalue weighted by molar-refractivity contribution is -0.182. The van der Waals surface area contributed by atoms with E-state index in [1.165, 1.54) is 0 Å². The fourth-order valence-electron chi connectivity index (χ4n) is 2.02. The number of carbonyl (C=O) groups is 1. The molecule has 0 radical (unpaired) electrons. The first-order chi connectivity index (χ1) is 7.39. The highest BCUT2D eigenvalue weighted by atomic mass is 19.4. The van der Waals surface area contributed by atoms with Gasteiger partial charge in [-0.2, -0.15) is 13.2 Å². The number of alkyl halides is 3. The predicted octanol–water partition coefficient (Wildman–Crippen LogP) is 1.57. The lowest BCUT2D eigenvalue weighted by atomic mass is 9.85. The standard InChI is InChI=1S/C10H17F3N2O/c11-10(12,13)7-1-3-8(4-2-7)15-6-5-9(14)16/h7-8,15H,1-6H2,(H2,14,16). The van der Waals surface area contributed by atoms with Gasteiger partial charge in [0, 0.05) is 19.0 Å². The average molecular weight is 238 g/mol. The number of rotatable bonds is 4. The van der Waals surface area contributed by atoms with Gasteiger partial charge in [-0.25, -0.2) is 0 Å². The van der Waals surface area contributed by atoms with E-state index in [2.05, 4.69) is 5.32 Å². The van der Waals surface area contributed by atoms with Crippen LogP contribution in [0.4, 0.5) is 13.2 Å². The Labute approximate surface area is 92.6 Å². The van der Waals surface area contributed by atoms with Gasteiger partial charge in [-0.05, 0) is 25.7 Å². The molecule has 3 nitrogen and oxygen atoms in total. The van der Waals surface area contributed by atoms with Gasteiger partial charge < -0.3 is 11.1 Å². The summed E-state index contributed by atoms with van der Waals surface area (Å²) in [6.45, 7) is 0.455. The zero-order valence-corrected chi connectivity index (χ0v) is 9.02. The quantitative estimate of drug-likeness (QED) is 0.781. The molecular weight excluding hydrogens is 221 g/mol. The largest absolute Gasteiger partial charge is 0.391 e. The Kier molecular flexibility index (Phi) is 4.58. The van der Waals surface area contributed by atoms with Crippen LogP contribution in [0.3, 0.4) is 0 Å². The summed E-state index contributed by atoms with van der Waals surface area (Å²) in [4.78, 5) is 10.5. The summed E-state index contributed by atoms with van der Waals surface area (Å²) >= 11 is 0. The van der Waals surface area contributed by atoms with Crippen molar-refractivity contribution in [1.29, 1.82) is 0 Å². The molecule has 0 atom stereocenters. The van der Waals surface area contributed by atoms with Crippen molar-refractivity contribution in [1.82, 2.24) is 5.32 Å². The summed E-state index contributed by atoms with van der Waals surface area (Å²) in [5, 5.41) is 3.06. The van der Waals surface area contributed by atoms with Gasteiger partial charge in [0.25, 0.3) is 0 Å². The molecule has 0 aromatic carbocycles. The molecule has 0 saturated heterocycles. The first-order valence-electron chi connectivity index (χ1n) is 5.48. The van der Waals surface area contributed by atoms with Gasteiger partial charge in [0.2, 0.25) is 5.91 Å². The summed E-state index contributed by atoms with van der Waals surface area (Å²) in [6, 6.07) is 0.0953. The van der Waals surface area contributed by atoms with E-state index in [-0.39, 0.29) is 25.3 Å². The monoisotopic (exact) mass is 238 g/mol. The van der Waals surface area contributed by atoms with Gasteiger partial charge in [-0.3, -0.25) is 4.79 Å². The predicted molar refractivity (Wildman–Crippen MR) is 53.6 cm³/mol. The van der Waals surface area contributed by atoms with Gasteiger partial charge in [-0.15, -0.1) is 0 Å². The SMILES string of the molecule is NC(=O)CCNC1CCC(C(F)(F)F)CC1. The first kappa shape index (κ1) is 13.3. The number of nitrogens with one attached hydrogen (secondary N) is 1. The summed E-state index contributed by atoms with van der Waals surface area (Å²) < 4.78 is 37.0. The van der Waals surface area contributed by atoms with Crippen molar-refractivity contribution in [2.75, 3.05) is 6.54 Å². The molecule has 0 aliphatic heterocycles. The second-order valence-electron chi connectivity index (χ2n) is 4.26. The van der Waals surface area contributed by atoms with Gasteiger partial charge in [0.05, 0.1) is 5.92 Å². The van der Waals surface area contributed by atoms with Crippen LogP contribution < -0.4 is 11.1 Å². The molecule has 94 valence electrons. The molecule has 0 aromatic heterocycles. The van der Waals surface area contributed by atoms with Gasteiger partial charge in [0.1, 0.15) is 0 Å². The van der Waals surface area contributed by atoms with E-state index in [4.69, 9.17) is 5.73 Å². The summed E-state index contributed by atoms with van der Waals surface area (Å²) in [5.74, 6) is -1.54. The van der Waals surface area contributed by atoms with Crippen molar-refractivity contribution in [3.8, 4) is 0 Å². The molecule has 1 fully saturated rings. The smallest absolute Gasteiger partial charge is 0.370 e. The van der Waals surface area contributed by atoms with Crippen LogP contribution in [0.1, 0.15) is 32.1 Å². The van der Waals surface area contributed by atoms with Crippen molar-refractivity contribution >= 4 is 5.91 Å². The van der Waals surface area contributed by atoms with Crippen LogP contribution in [0.5, 0.6) is 0 Å². The van der Waals surface area contributed by atoms with Gasteiger partial charge >= 0.3 is 6.18 Å². The number of hydrogen-bond donors (Lipinski definition) is 2. The van der Waals surface area contributed by atoms with Crippen molar-refractivity contribution in [3.05, 3.63) is 0 Å². The lowest BCUT2D eigenvalue weighted by Crippen LogP contribution is -2.38. The molecule has 0 aromatic rings. The molecule has 16 heavy (non-hydrogen) atoms. The van der Waals surface area contributed by atoms with Crippen LogP contribution in [0.2, 0.25) is 0 Å². The summed E-state index contributed by atoms with van der Waals surface area (Å²) in [7, 11) is 0. The van der Waals surface area contributed by atoms with E-state index >= 15 is 0 Å². The van der Waals surface area contributed by atoms with Gasteiger partial charge in [-0.1, -0.05) is 0 Å². The molecule has 3 N–H and O–H groups in total. The number of hydrogen-bond acceptors (Lipinski definition) is 2. The minimum atomic E-state index is -4.06. The van der Waals surface area contributed by atoms with E-state index in [0.29, 0.717) is 19.4 Å². The van der Waals surface area contributed by atoms with Crippen LogP contribution in [0.25, 0.3) is 0 Å². The Morgan fingerprint density at radius 2 is 1.81 bits per heavy atom. The lowest BCUT2D eigenvalue weighted by Gasteiger charge is -2.30. The van der Waals surface area contributed by atoms with Crippen molar-refractivity contribution < 1.29 is 18.0 Å². The molecule has 1 aliphatic carbocycles. The number of primary amides is 1. The molecule has 0 spiro atoms. The minimum absolute atomic E-state index is 0.0953. The molecule has 1 amide bonds. The number of nitrogens with two attached hydrogens (primary N) is 1. The van der Waals surface area contributed by atoms with Crippen LogP contribution >= 0.6 is 0 Å². The van der Waals surface area contributed by atoms with Crippen LogP contribution in [0, 0.1) is 5.92 Å². The van der Waals surface area contributed by atoms with Crippen LogP contribution in [-0.2, 0) is 4.79 Å². The summed E-state index contributed by atoms with van der Waals surface area (Å²) in [6.07, 6.45) is -2.43. The zero-order valence-electron chi connectivity index (χ0n) is 9.02. The Bertz CT molecular complexity index is 235. The van der Waals surface area contributed by atoms with Crippen LogP contribution in [-0.4, -0.2) is 24.7 Å². The second-order valence-corrected chi connectivity index (χ2v) is 4.26. The molecule has 1 rings (SSSR count). The maximum atomic E-state index is 12.3. The Morgan fingerprint density at radius 3 is 2.25 bits per heavy atom. The third-order valence-corrected chi connectivity index (χ3v) is 2.99. The van der Waals surface area contributed by atoms with Crippen LogP contribution in [0.15, 0.2) is 0 Å². The van der Waals surface area contributed by atoms with Crippen molar-refractivity contribution in [2.45, 2.75) is 44.3 Å². The van der Waals surface area contributed by atoms with E-state index in [1.807, 2.05) is 0 Å². The molecule has 1 aliphatic rings. The Hall–Kier alpha value is -0.780. The van der Waals surface area contributed by atoms with E-state index in [1.54, 1.807) is 0 Å². The zero-order chi connectivity index (χ0) is 12.2. The van der Waals surface area contributed by atoms with E-state index in [9.17, 15) is 18.0 Å². The molecule has 0 bridgehead atoms. The number of halogens is 3. The highest BCUT2D eigenvalue weighted by Crippen LogP contribution is 2.37. The Morgan fingerprint density at radius 1 is 1.25 bits per heavy atom. The maximum Gasteiger partial charge on any atom is 0.391 e. The highest BCUT2D eigenvalue weighted by Gasteiger charge is 2.41. The fraction of sp³-hybridized carbons (Fsp3) is 0.900. The number of carbonyl (C=O) groups excluding carboxylic acids is 1. The molecule has 0 unspecified atom stereocenters. The third kappa shape index (κ3) is 4.38. The molecular formula is C10H17F3N2O. The van der Waals surface area contributed by atoms with Gasteiger partial charge in [0.15, 0.2) is 0 Å². The third-order valence-electron chi connectivity index (χ3n) is 2.99. The fourth-order valence-corrected chi connectivity index (χ4v) is 2.02. The normalized spacial score (nSPS) is 26.7. The molecule has 0 heterocycles. The van der Waals surface area contributed by atoms with Crippen molar-refractivity contribution in [3.63, 3.8) is 0 Å². The first-order valence-corrected chi connectivity index (χ1v) is 5.48. The van der Waals surface area contributed by atoms with E-state index < -0.39 is 18.0 Å².